The smallest absolute Gasteiger partial charge is 0.254 e. The Bertz CT molecular complexity index is 748. The van der Waals surface area contributed by atoms with Gasteiger partial charge in [0.05, 0.1) is 4.90 Å². The van der Waals surface area contributed by atoms with Gasteiger partial charge in [-0.25, -0.2) is 8.42 Å². The molecule has 0 bridgehead atoms. The minimum Gasteiger partial charge on any atom is -0.333 e. The summed E-state index contributed by atoms with van der Waals surface area (Å²) >= 11 is 0. The Balaban J connectivity index is 1.78. The molecule has 1 N–H and O–H groups in total. The van der Waals surface area contributed by atoms with E-state index < -0.39 is 10.0 Å². The van der Waals surface area contributed by atoms with Crippen molar-refractivity contribution in [3.63, 3.8) is 0 Å². The molecular formula is C19H29N3O3S. The standard InChI is InChI=1S/C19H29N3O3S/c1-14-6-4-5-12-22(14)26(24,25)18-9-7-17(8-10-18)19(23)21-13-11-20-15(2)16(21)3/h7-10,14-16,20H,4-6,11-13H2,1-3H3. The molecule has 7 heteroatoms. The molecule has 0 spiro atoms. The maximum absolute atomic E-state index is 12.9. The number of nitrogens with one attached hydrogen (secondary N) is 1. The molecule has 2 heterocycles. The third kappa shape index (κ3) is 3.66. The molecule has 144 valence electrons. The van der Waals surface area contributed by atoms with Crippen LogP contribution in [0.3, 0.4) is 0 Å². The Morgan fingerprint density at radius 3 is 2.42 bits per heavy atom. The van der Waals surface area contributed by atoms with E-state index in [0.717, 1.165) is 25.8 Å². The lowest BCUT2D eigenvalue weighted by atomic mass is 10.1. The molecule has 2 saturated heterocycles. The normalized spacial score (nSPS) is 28.1. The van der Waals surface area contributed by atoms with Gasteiger partial charge in [0.15, 0.2) is 0 Å². The summed E-state index contributed by atoms with van der Waals surface area (Å²) in [5, 5.41) is 3.36. The highest BCUT2D eigenvalue weighted by atomic mass is 32.2. The van der Waals surface area contributed by atoms with Crippen LogP contribution in [0.2, 0.25) is 0 Å². The molecule has 2 aliphatic heterocycles. The van der Waals surface area contributed by atoms with E-state index in [1.165, 1.54) is 0 Å². The number of carbonyl (C=O) groups excluding carboxylic acids is 1. The minimum absolute atomic E-state index is 0.0262. The summed E-state index contributed by atoms with van der Waals surface area (Å²) in [6.07, 6.45) is 2.87. The number of benzene rings is 1. The number of piperazine rings is 1. The first-order valence-corrected chi connectivity index (χ1v) is 10.9. The molecule has 3 atom stereocenters. The number of hydrogen-bond donors (Lipinski definition) is 1. The van der Waals surface area contributed by atoms with Crippen molar-refractivity contribution in [1.29, 1.82) is 0 Å². The number of amides is 1. The summed E-state index contributed by atoms with van der Waals surface area (Å²) in [5.74, 6) is -0.0406. The fourth-order valence-electron chi connectivity index (χ4n) is 3.84. The van der Waals surface area contributed by atoms with Crippen molar-refractivity contribution in [3.05, 3.63) is 29.8 Å². The summed E-state index contributed by atoms with van der Waals surface area (Å²) < 4.78 is 27.4. The van der Waals surface area contributed by atoms with Crippen molar-refractivity contribution in [2.75, 3.05) is 19.6 Å². The molecule has 1 amide bonds. The van der Waals surface area contributed by atoms with Gasteiger partial charge in [0.25, 0.3) is 5.91 Å². The Morgan fingerprint density at radius 1 is 1.08 bits per heavy atom. The first kappa shape index (κ1) is 19.3. The highest BCUT2D eigenvalue weighted by Gasteiger charge is 2.32. The first-order chi connectivity index (χ1) is 12.3. The van der Waals surface area contributed by atoms with Crippen LogP contribution in [0, 0.1) is 0 Å². The number of hydrogen-bond acceptors (Lipinski definition) is 4. The number of nitrogens with zero attached hydrogens (tertiary/aromatic N) is 2. The summed E-state index contributed by atoms with van der Waals surface area (Å²) in [7, 11) is -3.50. The van der Waals surface area contributed by atoms with Crippen molar-refractivity contribution in [3.8, 4) is 0 Å². The molecule has 0 radical (unpaired) electrons. The Hall–Kier alpha value is -1.44. The van der Waals surface area contributed by atoms with Crippen molar-refractivity contribution in [2.45, 2.75) is 63.1 Å². The molecule has 1 aromatic rings. The lowest BCUT2D eigenvalue weighted by Crippen LogP contribution is -2.57. The van der Waals surface area contributed by atoms with Gasteiger partial charge in [0, 0.05) is 43.3 Å². The van der Waals surface area contributed by atoms with Gasteiger partial charge in [-0.3, -0.25) is 4.79 Å². The van der Waals surface area contributed by atoms with E-state index in [2.05, 4.69) is 12.2 Å². The molecule has 1 aromatic carbocycles. The average molecular weight is 380 g/mol. The van der Waals surface area contributed by atoms with E-state index in [9.17, 15) is 13.2 Å². The Labute approximate surface area is 156 Å². The van der Waals surface area contributed by atoms with E-state index in [-0.39, 0.29) is 28.9 Å². The number of piperidine rings is 1. The predicted octanol–water partition coefficient (Wildman–Crippen LogP) is 2.07. The largest absolute Gasteiger partial charge is 0.333 e. The number of carbonyl (C=O) groups is 1. The Kier molecular flexibility index (Phi) is 5.69. The molecule has 26 heavy (non-hydrogen) atoms. The van der Waals surface area contributed by atoms with Gasteiger partial charge >= 0.3 is 0 Å². The molecule has 2 fully saturated rings. The SMILES string of the molecule is CC1NCCN(C(=O)c2ccc(S(=O)(=O)N3CCCCC3C)cc2)C1C. The zero-order chi connectivity index (χ0) is 18.9. The molecule has 0 aromatic heterocycles. The molecule has 3 rings (SSSR count). The molecule has 2 aliphatic rings. The van der Waals surface area contributed by atoms with Crippen molar-refractivity contribution >= 4 is 15.9 Å². The topological polar surface area (TPSA) is 69.7 Å². The first-order valence-electron chi connectivity index (χ1n) is 9.48. The van der Waals surface area contributed by atoms with E-state index in [0.29, 0.717) is 18.7 Å². The van der Waals surface area contributed by atoms with E-state index >= 15 is 0 Å². The third-order valence-electron chi connectivity index (χ3n) is 5.74. The summed E-state index contributed by atoms with van der Waals surface area (Å²) in [6, 6.07) is 6.80. The minimum atomic E-state index is -3.50. The van der Waals surface area contributed by atoms with Crippen LogP contribution in [0.1, 0.15) is 50.4 Å². The highest BCUT2D eigenvalue weighted by molar-refractivity contribution is 7.89. The second-order valence-electron chi connectivity index (χ2n) is 7.47. The number of rotatable bonds is 3. The van der Waals surface area contributed by atoms with E-state index in [4.69, 9.17) is 0 Å². The highest BCUT2D eigenvalue weighted by Crippen LogP contribution is 2.25. The van der Waals surface area contributed by atoms with E-state index in [1.807, 2.05) is 18.7 Å². The summed E-state index contributed by atoms with van der Waals surface area (Å²) in [5.41, 5.74) is 0.539. The fraction of sp³-hybridized carbons (Fsp3) is 0.632. The van der Waals surface area contributed by atoms with Crippen LogP contribution in [0.4, 0.5) is 0 Å². The van der Waals surface area contributed by atoms with Crippen LogP contribution >= 0.6 is 0 Å². The van der Waals surface area contributed by atoms with Crippen LogP contribution in [0.15, 0.2) is 29.2 Å². The quantitative estimate of drug-likeness (QED) is 0.873. The second-order valence-corrected chi connectivity index (χ2v) is 9.36. The van der Waals surface area contributed by atoms with Gasteiger partial charge in [0.1, 0.15) is 0 Å². The van der Waals surface area contributed by atoms with Crippen LogP contribution in [-0.4, -0.2) is 61.3 Å². The maximum atomic E-state index is 12.9. The lowest BCUT2D eigenvalue weighted by Gasteiger charge is -2.38. The van der Waals surface area contributed by atoms with Gasteiger partial charge in [-0.05, 0) is 57.9 Å². The van der Waals surface area contributed by atoms with Crippen molar-refractivity contribution in [2.24, 2.45) is 0 Å². The zero-order valence-corrected chi connectivity index (χ0v) is 16.6. The monoisotopic (exact) mass is 379 g/mol. The average Bonchev–Trinajstić information content (AvgIpc) is 2.64. The van der Waals surface area contributed by atoms with Crippen LogP contribution < -0.4 is 5.32 Å². The van der Waals surface area contributed by atoms with Crippen LogP contribution in [-0.2, 0) is 10.0 Å². The van der Waals surface area contributed by atoms with Crippen LogP contribution in [0.25, 0.3) is 0 Å². The van der Waals surface area contributed by atoms with Gasteiger partial charge < -0.3 is 10.2 Å². The molecular weight excluding hydrogens is 350 g/mol. The lowest BCUT2D eigenvalue weighted by molar-refractivity contribution is 0.0603. The van der Waals surface area contributed by atoms with Crippen LogP contribution in [0.5, 0.6) is 0 Å². The Morgan fingerprint density at radius 2 is 1.77 bits per heavy atom. The molecule has 3 unspecified atom stereocenters. The van der Waals surface area contributed by atoms with E-state index in [1.54, 1.807) is 28.6 Å². The third-order valence-corrected chi connectivity index (χ3v) is 7.77. The van der Waals surface area contributed by atoms with Gasteiger partial charge in [-0.15, -0.1) is 0 Å². The molecule has 0 aliphatic carbocycles. The van der Waals surface area contributed by atoms with Crippen molar-refractivity contribution < 1.29 is 13.2 Å². The second kappa shape index (κ2) is 7.66. The van der Waals surface area contributed by atoms with Crippen molar-refractivity contribution in [1.82, 2.24) is 14.5 Å². The molecule has 0 saturated carbocycles. The number of sulfonamides is 1. The van der Waals surface area contributed by atoms with Gasteiger partial charge in [-0.2, -0.15) is 4.31 Å². The maximum Gasteiger partial charge on any atom is 0.254 e. The zero-order valence-electron chi connectivity index (χ0n) is 15.8. The predicted molar refractivity (Wildman–Crippen MR) is 102 cm³/mol. The summed E-state index contributed by atoms with van der Waals surface area (Å²) in [6.45, 7) is 8.07. The van der Waals surface area contributed by atoms with Gasteiger partial charge in [0.2, 0.25) is 10.0 Å². The summed E-state index contributed by atoms with van der Waals surface area (Å²) in [4.78, 5) is 14.9. The van der Waals surface area contributed by atoms with Gasteiger partial charge in [-0.1, -0.05) is 6.42 Å². The fourth-order valence-corrected chi connectivity index (χ4v) is 5.54. The molecule has 6 nitrogen and oxygen atoms in total.